The van der Waals surface area contributed by atoms with Crippen molar-refractivity contribution in [3.05, 3.63) is 38.0 Å². The highest BCUT2D eigenvalue weighted by molar-refractivity contribution is 9.11. The van der Waals surface area contributed by atoms with Crippen molar-refractivity contribution in [1.82, 2.24) is 0 Å². The summed E-state index contributed by atoms with van der Waals surface area (Å²) in [7, 11) is 8.18. The number of fused-ring (bicyclic) bond motifs is 1. The van der Waals surface area contributed by atoms with Crippen LogP contribution in [0.4, 0.5) is 0 Å². The lowest BCUT2D eigenvalue weighted by Crippen LogP contribution is -2.47. The van der Waals surface area contributed by atoms with Gasteiger partial charge in [-0.25, -0.2) is 0 Å². The minimum absolute atomic E-state index is 0.143. The molecule has 3 rings (SSSR count). The van der Waals surface area contributed by atoms with Crippen LogP contribution in [0.3, 0.4) is 0 Å². The van der Waals surface area contributed by atoms with E-state index < -0.39 is 5.97 Å². The van der Waals surface area contributed by atoms with Crippen molar-refractivity contribution in [1.29, 1.82) is 0 Å². The number of halogens is 3. The largest absolute Gasteiger partial charge is 0.460 e. The van der Waals surface area contributed by atoms with Crippen LogP contribution in [0.5, 0.6) is 5.75 Å². The van der Waals surface area contributed by atoms with E-state index in [1.165, 1.54) is 6.92 Å². The molecule has 0 saturated carbocycles. The number of rotatable bonds is 4. The van der Waals surface area contributed by atoms with Crippen molar-refractivity contribution in [2.24, 2.45) is 0 Å². The number of carbonyl (C=O) groups is 2. The van der Waals surface area contributed by atoms with E-state index in [0.29, 0.717) is 31.6 Å². The highest BCUT2D eigenvalue weighted by atomic mass is 79.9. The summed E-state index contributed by atoms with van der Waals surface area (Å²) < 4.78 is 12.5. The Hall–Kier alpha value is -1.18. The average Bonchev–Trinajstić information content (AvgIpc) is 3.07. The van der Waals surface area contributed by atoms with Gasteiger partial charge in [0.1, 0.15) is 42.7 Å². The molecule has 0 aliphatic rings. The molecule has 150 valence electrons. The Morgan fingerprint density at radius 3 is 2.03 bits per heavy atom. The third kappa shape index (κ3) is 4.00. The summed E-state index contributed by atoms with van der Waals surface area (Å²) in [6.07, 6.45) is 0. The van der Waals surface area contributed by atoms with Crippen LogP contribution in [-0.4, -0.2) is 43.1 Å². The van der Waals surface area contributed by atoms with Gasteiger partial charge in [0.25, 0.3) is 0 Å². The maximum absolute atomic E-state index is 13.7. The molecule has 2 aromatic carbocycles. The third-order valence-corrected chi connectivity index (χ3v) is 7.03. The van der Waals surface area contributed by atoms with Crippen molar-refractivity contribution >= 4 is 124 Å². The fourth-order valence-corrected chi connectivity index (χ4v) is 5.24. The second-order valence-electron chi connectivity index (χ2n) is 7.35. The number of esters is 1. The van der Waals surface area contributed by atoms with Crippen molar-refractivity contribution in [2.75, 3.05) is 0 Å². The first kappa shape index (κ1) is 23.5. The molecule has 1 heterocycles. The molecule has 1 aromatic heterocycles. The zero-order valence-corrected chi connectivity index (χ0v) is 22.3. The molecule has 3 aromatic rings. The standard InChI is InChI=1S/C19H17B4Br3O4/c1-5(24)17-11(10-12(20)13(21)14(22)15(23)19(10)30-17)16(28)7-3-8(25)18(9(26)4-7)29-6(2)27/h3-5H,20-23H2,1-2H3. The van der Waals surface area contributed by atoms with Crippen LogP contribution in [0.25, 0.3) is 11.0 Å². The maximum Gasteiger partial charge on any atom is 0.308 e. The van der Waals surface area contributed by atoms with Crippen molar-refractivity contribution in [3.8, 4) is 5.75 Å². The first-order valence-electron chi connectivity index (χ1n) is 9.34. The van der Waals surface area contributed by atoms with Gasteiger partial charge in [-0.05, 0) is 50.9 Å². The van der Waals surface area contributed by atoms with E-state index in [1.807, 2.05) is 22.6 Å². The van der Waals surface area contributed by atoms with E-state index in [1.54, 1.807) is 12.1 Å². The zero-order valence-electron chi connectivity index (χ0n) is 17.5. The SMILES string of the molecule is Bc1c(B)c(B)c2c(C(=O)c3cc(Br)c(OC(C)=O)c(Br)c3)c(C(C)Br)oc2c1B. The van der Waals surface area contributed by atoms with Gasteiger partial charge in [0.15, 0.2) is 11.5 Å². The van der Waals surface area contributed by atoms with E-state index in [9.17, 15) is 9.59 Å². The normalized spacial score (nSPS) is 12.2. The van der Waals surface area contributed by atoms with Crippen LogP contribution in [0, 0.1) is 0 Å². The number of ketones is 1. The van der Waals surface area contributed by atoms with E-state index >= 15 is 0 Å². The first-order chi connectivity index (χ1) is 14.0. The van der Waals surface area contributed by atoms with Gasteiger partial charge >= 0.3 is 5.97 Å². The van der Waals surface area contributed by atoms with Gasteiger partial charge in [0, 0.05) is 17.9 Å². The van der Waals surface area contributed by atoms with E-state index in [0.717, 1.165) is 32.8 Å². The number of ether oxygens (including phenoxy) is 1. The Kier molecular flexibility index (Phi) is 6.85. The van der Waals surface area contributed by atoms with Crippen LogP contribution in [0.2, 0.25) is 0 Å². The summed E-state index contributed by atoms with van der Waals surface area (Å²) >= 11 is 10.4. The Morgan fingerprint density at radius 1 is 1.00 bits per heavy atom. The molecular formula is C19H17B4Br3O4. The molecule has 0 fully saturated rings. The molecule has 11 heteroatoms. The predicted octanol–water partition coefficient (Wildman–Crippen LogP) is -0.396. The summed E-state index contributed by atoms with van der Waals surface area (Å²) in [4.78, 5) is 24.9. The topological polar surface area (TPSA) is 56.5 Å². The maximum atomic E-state index is 13.7. The van der Waals surface area contributed by atoms with Crippen LogP contribution in [0.15, 0.2) is 25.5 Å². The minimum atomic E-state index is -0.441. The second kappa shape index (κ2) is 8.75. The van der Waals surface area contributed by atoms with Gasteiger partial charge < -0.3 is 9.15 Å². The summed E-state index contributed by atoms with van der Waals surface area (Å²) in [5.41, 5.74) is 6.14. The van der Waals surface area contributed by atoms with Gasteiger partial charge in [-0.3, -0.25) is 9.59 Å². The summed E-state index contributed by atoms with van der Waals surface area (Å²) in [6.45, 7) is 3.27. The Bertz CT molecular complexity index is 1200. The first-order valence-corrected chi connectivity index (χ1v) is 11.8. The van der Waals surface area contributed by atoms with E-state index in [4.69, 9.17) is 9.15 Å². The number of hydrogen-bond donors (Lipinski definition) is 0. The number of carbonyl (C=O) groups excluding carboxylic acids is 2. The predicted molar refractivity (Wildman–Crippen MR) is 143 cm³/mol. The summed E-state index contributed by atoms with van der Waals surface area (Å²) in [5.74, 6) is 0.339. The van der Waals surface area contributed by atoms with Gasteiger partial charge in [-0.1, -0.05) is 32.3 Å². The van der Waals surface area contributed by atoms with Gasteiger partial charge in [-0.15, -0.1) is 5.46 Å². The van der Waals surface area contributed by atoms with Crippen molar-refractivity contribution in [3.63, 3.8) is 0 Å². The molecule has 4 nitrogen and oxygen atoms in total. The Labute approximate surface area is 203 Å². The average molecular weight is 592 g/mol. The minimum Gasteiger partial charge on any atom is -0.460 e. The van der Waals surface area contributed by atoms with Crippen LogP contribution in [-0.2, 0) is 4.79 Å². The van der Waals surface area contributed by atoms with Crippen LogP contribution < -0.4 is 26.6 Å². The zero-order chi connectivity index (χ0) is 22.5. The molecule has 0 amide bonds. The van der Waals surface area contributed by atoms with Gasteiger partial charge in [0.05, 0.1) is 19.3 Å². The lowest BCUT2D eigenvalue weighted by Gasteiger charge is -2.13. The lowest BCUT2D eigenvalue weighted by molar-refractivity contribution is -0.131. The monoisotopic (exact) mass is 590 g/mol. The fourth-order valence-electron chi connectivity index (χ4n) is 3.57. The van der Waals surface area contributed by atoms with E-state index in [-0.39, 0.29) is 10.6 Å². The van der Waals surface area contributed by atoms with Crippen LogP contribution in [0.1, 0.15) is 40.4 Å². The lowest BCUT2D eigenvalue weighted by atomic mass is 9.65. The number of furan rings is 1. The molecule has 0 saturated heterocycles. The highest BCUT2D eigenvalue weighted by Gasteiger charge is 2.28. The third-order valence-electron chi connectivity index (χ3n) is 5.43. The molecule has 0 aliphatic heterocycles. The number of hydrogen-bond acceptors (Lipinski definition) is 4. The molecule has 1 unspecified atom stereocenters. The quantitative estimate of drug-likeness (QED) is 0.136. The van der Waals surface area contributed by atoms with E-state index in [2.05, 4.69) is 63.5 Å². The summed E-state index contributed by atoms with van der Waals surface area (Å²) in [5, 5.41) is 0.846. The number of benzene rings is 2. The van der Waals surface area contributed by atoms with Crippen LogP contribution >= 0.6 is 47.8 Å². The number of alkyl halides is 1. The molecular weight excluding hydrogens is 575 g/mol. The Morgan fingerprint density at radius 2 is 1.53 bits per heavy atom. The molecule has 0 radical (unpaired) electrons. The molecule has 0 aliphatic carbocycles. The molecule has 30 heavy (non-hydrogen) atoms. The van der Waals surface area contributed by atoms with Crippen molar-refractivity contribution < 1.29 is 18.7 Å². The van der Waals surface area contributed by atoms with Gasteiger partial charge in [-0.2, -0.15) is 0 Å². The highest BCUT2D eigenvalue weighted by Crippen LogP contribution is 2.38. The molecule has 0 spiro atoms. The summed E-state index contributed by atoms with van der Waals surface area (Å²) in [6, 6.07) is 3.33. The smallest absolute Gasteiger partial charge is 0.308 e. The second-order valence-corrected chi connectivity index (χ2v) is 10.4. The Balaban J connectivity index is 2.30. The van der Waals surface area contributed by atoms with Crippen molar-refractivity contribution in [2.45, 2.75) is 18.7 Å². The van der Waals surface area contributed by atoms with Gasteiger partial charge in [0.2, 0.25) is 0 Å². The molecule has 0 N–H and O–H groups in total. The molecule has 0 bridgehead atoms. The fraction of sp³-hybridized carbons (Fsp3) is 0.158. The molecule has 1 atom stereocenters.